The maximum Gasteiger partial charge on any atom is 0.305 e. The molecule has 4 heteroatoms. The Morgan fingerprint density at radius 1 is 0.821 bits per heavy atom. The van der Waals surface area contributed by atoms with Crippen LogP contribution in [0.3, 0.4) is 0 Å². The second-order valence-electron chi connectivity index (χ2n) is 6.22. The molecule has 0 aliphatic rings. The fourth-order valence-corrected chi connectivity index (χ4v) is 2.13. The summed E-state index contributed by atoms with van der Waals surface area (Å²) in [4.78, 5) is 11.2. The van der Waals surface area contributed by atoms with Crippen molar-refractivity contribution < 1.29 is 19.4 Å². The average Bonchev–Trinajstić information content (AvgIpc) is 2.71. The van der Waals surface area contributed by atoms with E-state index in [9.17, 15) is 4.79 Å². The quantitative estimate of drug-likeness (QED) is 0.204. The van der Waals surface area contributed by atoms with Gasteiger partial charge in [0.25, 0.3) is 0 Å². The zero-order valence-corrected chi connectivity index (χ0v) is 17.6. The van der Waals surface area contributed by atoms with Crippen LogP contribution >= 0.6 is 0 Å². The van der Waals surface area contributed by atoms with E-state index in [4.69, 9.17) is 14.6 Å². The molecule has 0 aliphatic carbocycles. The van der Waals surface area contributed by atoms with Gasteiger partial charge in [0, 0.05) is 6.42 Å². The lowest BCUT2D eigenvalue weighted by Gasteiger charge is -2.14. The zero-order chi connectivity index (χ0) is 20.7. The highest BCUT2D eigenvalue weighted by Crippen LogP contribution is 1.98. The monoisotopic (exact) mass is 390 g/mol. The van der Waals surface area contributed by atoms with Crippen LogP contribution in [0.4, 0.5) is 0 Å². The number of allylic oxidation sites excluding steroid dienone is 9. The Morgan fingerprint density at radius 3 is 1.79 bits per heavy atom. The molecular formula is C24H38O4. The van der Waals surface area contributed by atoms with E-state index in [1.165, 1.54) is 0 Å². The largest absolute Gasteiger partial charge is 0.457 e. The normalized spacial score (nSPS) is 13.7. The molecule has 0 radical (unpaired) electrons. The topological polar surface area (TPSA) is 55.8 Å². The van der Waals surface area contributed by atoms with Gasteiger partial charge < -0.3 is 14.6 Å². The number of esters is 1. The van der Waals surface area contributed by atoms with Crippen molar-refractivity contribution in [3.63, 3.8) is 0 Å². The molecular weight excluding hydrogens is 352 g/mol. The first kappa shape index (κ1) is 26.1. The van der Waals surface area contributed by atoms with Crippen molar-refractivity contribution in [1.29, 1.82) is 0 Å². The molecule has 0 bridgehead atoms. The number of aliphatic hydroxyl groups excluding tert-OH is 1. The Balaban J connectivity index is 3.59. The smallest absolute Gasteiger partial charge is 0.305 e. The summed E-state index contributed by atoms with van der Waals surface area (Å²) in [6.45, 7) is 4.43. The number of hydrogen-bond donors (Lipinski definition) is 1. The minimum atomic E-state index is -0.569. The third-order valence-corrected chi connectivity index (χ3v) is 3.68. The van der Waals surface area contributed by atoms with E-state index in [1.54, 1.807) is 6.92 Å². The van der Waals surface area contributed by atoms with Gasteiger partial charge in [0.15, 0.2) is 0 Å². The lowest BCUT2D eigenvalue weighted by molar-refractivity contribution is -0.154. The van der Waals surface area contributed by atoms with E-state index in [1.807, 2.05) is 0 Å². The Morgan fingerprint density at radius 2 is 1.32 bits per heavy atom. The van der Waals surface area contributed by atoms with Crippen LogP contribution in [-0.2, 0) is 14.3 Å². The molecule has 28 heavy (non-hydrogen) atoms. The van der Waals surface area contributed by atoms with Gasteiger partial charge in [-0.2, -0.15) is 0 Å². The summed E-state index contributed by atoms with van der Waals surface area (Å²) >= 11 is 0. The van der Waals surface area contributed by atoms with Crippen molar-refractivity contribution in [2.24, 2.45) is 0 Å². The minimum Gasteiger partial charge on any atom is -0.457 e. The Kier molecular flexibility index (Phi) is 19.9. The van der Waals surface area contributed by atoms with Crippen molar-refractivity contribution in [3.8, 4) is 0 Å². The van der Waals surface area contributed by atoms with E-state index in [0.717, 1.165) is 38.5 Å². The summed E-state index contributed by atoms with van der Waals surface area (Å²) in [5.74, 6) is -0.319. The molecule has 1 atom stereocenters. The highest BCUT2D eigenvalue weighted by molar-refractivity contribution is 5.69. The van der Waals surface area contributed by atoms with Gasteiger partial charge in [-0.1, -0.05) is 74.6 Å². The molecule has 1 unspecified atom stereocenters. The lowest BCUT2D eigenvalue weighted by atomic mass is 10.2. The maximum absolute atomic E-state index is 11.2. The summed E-state index contributed by atoms with van der Waals surface area (Å²) in [5.41, 5.74) is 0. The predicted octanol–water partition coefficient (Wildman–Crippen LogP) is 5.46. The second kappa shape index (κ2) is 21.4. The highest BCUT2D eigenvalue weighted by atomic mass is 16.6. The number of hydrogen-bond acceptors (Lipinski definition) is 4. The molecule has 0 aromatic carbocycles. The molecule has 0 aromatic heterocycles. The standard InChI is InChI=1S/C24H38O4/c1-3-5-6-7-8-9-10-11-12-13-14-15-16-17-18-19-20-27-22-23(21-25)28-24(26)4-2/h5-6,8-9,11-12,14-15,17-18,23,25H,3-4,7,10,13,16,19-22H2,1-2H3/b6-5-,9-8-,12-11-,15-14-,18-17-. The van der Waals surface area contributed by atoms with E-state index in [2.05, 4.69) is 67.7 Å². The van der Waals surface area contributed by atoms with Crippen LogP contribution < -0.4 is 0 Å². The SMILES string of the molecule is CC/C=C\C/C=C\C/C=C\C/C=C\C/C=C\CCOCC(CO)OC(=O)CC. The minimum absolute atomic E-state index is 0.215. The van der Waals surface area contributed by atoms with Crippen molar-refractivity contribution >= 4 is 5.97 Å². The Hall–Kier alpha value is -1.91. The zero-order valence-electron chi connectivity index (χ0n) is 17.6. The summed E-state index contributed by atoms with van der Waals surface area (Å²) in [5, 5.41) is 9.12. The first-order chi connectivity index (χ1) is 13.7. The Labute approximate surface area is 171 Å². The van der Waals surface area contributed by atoms with Crippen LogP contribution in [0, 0.1) is 0 Å². The summed E-state index contributed by atoms with van der Waals surface area (Å²) in [6, 6.07) is 0. The van der Waals surface area contributed by atoms with Crippen LogP contribution in [0.15, 0.2) is 60.8 Å². The highest BCUT2D eigenvalue weighted by Gasteiger charge is 2.11. The van der Waals surface area contributed by atoms with Crippen molar-refractivity contribution in [2.75, 3.05) is 19.8 Å². The third-order valence-electron chi connectivity index (χ3n) is 3.68. The molecule has 0 saturated heterocycles. The predicted molar refractivity (Wildman–Crippen MR) is 117 cm³/mol. The molecule has 0 aliphatic heterocycles. The average molecular weight is 391 g/mol. The third kappa shape index (κ3) is 18.9. The molecule has 0 heterocycles. The van der Waals surface area contributed by atoms with Crippen LogP contribution in [0.2, 0.25) is 0 Å². The summed E-state index contributed by atoms with van der Waals surface area (Å²) in [6.07, 6.45) is 27.2. The number of aliphatic hydroxyl groups is 1. The lowest BCUT2D eigenvalue weighted by Crippen LogP contribution is -2.27. The molecule has 0 aromatic rings. The first-order valence-electron chi connectivity index (χ1n) is 10.4. The maximum atomic E-state index is 11.2. The molecule has 0 amide bonds. The van der Waals surface area contributed by atoms with Gasteiger partial charge in [-0.3, -0.25) is 4.79 Å². The van der Waals surface area contributed by atoms with E-state index >= 15 is 0 Å². The van der Waals surface area contributed by atoms with Gasteiger partial charge >= 0.3 is 5.97 Å². The molecule has 0 saturated carbocycles. The van der Waals surface area contributed by atoms with Crippen molar-refractivity contribution in [2.45, 2.75) is 64.9 Å². The molecule has 0 spiro atoms. The van der Waals surface area contributed by atoms with Gasteiger partial charge in [0.1, 0.15) is 6.10 Å². The summed E-state index contributed by atoms with van der Waals surface area (Å²) in [7, 11) is 0. The van der Waals surface area contributed by atoms with E-state index in [0.29, 0.717) is 13.0 Å². The van der Waals surface area contributed by atoms with Crippen LogP contribution in [-0.4, -0.2) is 37.0 Å². The number of carbonyl (C=O) groups excluding carboxylic acids is 1. The van der Waals surface area contributed by atoms with Crippen LogP contribution in [0.5, 0.6) is 0 Å². The van der Waals surface area contributed by atoms with Crippen LogP contribution in [0.1, 0.15) is 58.8 Å². The van der Waals surface area contributed by atoms with Gasteiger partial charge in [-0.15, -0.1) is 0 Å². The number of carbonyl (C=O) groups is 1. The van der Waals surface area contributed by atoms with Gasteiger partial charge in [0.05, 0.1) is 19.8 Å². The molecule has 1 N–H and O–H groups in total. The van der Waals surface area contributed by atoms with Crippen LogP contribution in [0.25, 0.3) is 0 Å². The van der Waals surface area contributed by atoms with Crippen molar-refractivity contribution in [1.82, 2.24) is 0 Å². The van der Waals surface area contributed by atoms with Gasteiger partial charge in [-0.05, 0) is 38.5 Å². The first-order valence-corrected chi connectivity index (χ1v) is 10.4. The number of ether oxygens (including phenoxy) is 2. The Bertz CT molecular complexity index is 501. The van der Waals surface area contributed by atoms with Gasteiger partial charge in [-0.25, -0.2) is 0 Å². The second-order valence-corrected chi connectivity index (χ2v) is 6.22. The van der Waals surface area contributed by atoms with Crippen molar-refractivity contribution in [3.05, 3.63) is 60.8 Å². The molecule has 0 fully saturated rings. The fraction of sp³-hybridized carbons (Fsp3) is 0.542. The van der Waals surface area contributed by atoms with Gasteiger partial charge in [0.2, 0.25) is 0 Å². The molecule has 158 valence electrons. The van der Waals surface area contributed by atoms with E-state index in [-0.39, 0.29) is 19.2 Å². The van der Waals surface area contributed by atoms with E-state index < -0.39 is 6.10 Å². The molecule has 4 nitrogen and oxygen atoms in total. The fourth-order valence-electron chi connectivity index (χ4n) is 2.13. The number of rotatable bonds is 17. The molecule has 0 rings (SSSR count). The summed E-state index contributed by atoms with van der Waals surface area (Å²) < 4.78 is 10.5.